The fourth-order valence-electron chi connectivity index (χ4n) is 4.70. The number of guanidine groups is 1. The quantitative estimate of drug-likeness (QED) is 0.362. The standard InChI is InChI=1S/C26H25N3O/c1-28(22-15-16-24(30-3)20-9-5-4-8-19(20)22)26(27)29(2)23-14-13-18-12-11-17-7-6-10-21(23)25(17)18/h4-10,13-16,27H,11-12H2,1-3H3. The van der Waals surface area contributed by atoms with E-state index in [2.05, 4.69) is 42.5 Å². The zero-order valence-electron chi connectivity index (χ0n) is 17.6. The van der Waals surface area contributed by atoms with Crippen molar-refractivity contribution < 1.29 is 4.74 Å². The summed E-state index contributed by atoms with van der Waals surface area (Å²) in [5, 5.41) is 13.7. The molecule has 1 N–H and O–H groups in total. The number of ether oxygens (including phenoxy) is 1. The van der Waals surface area contributed by atoms with Crippen molar-refractivity contribution in [2.75, 3.05) is 31.0 Å². The summed E-state index contributed by atoms with van der Waals surface area (Å²) in [5.41, 5.74) is 4.87. The number of fused-ring (bicyclic) bond motifs is 1. The van der Waals surface area contributed by atoms with E-state index in [0.717, 1.165) is 40.7 Å². The lowest BCUT2D eigenvalue weighted by atomic mass is 10.0. The summed E-state index contributed by atoms with van der Waals surface area (Å²) in [6.07, 6.45) is 2.21. The highest BCUT2D eigenvalue weighted by Gasteiger charge is 2.21. The van der Waals surface area contributed by atoms with Crippen LogP contribution in [-0.4, -0.2) is 27.2 Å². The number of aryl methyl sites for hydroxylation is 2. The van der Waals surface area contributed by atoms with E-state index in [4.69, 9.17) is 10.1 Å². The molecule has 150 valence electrons. The minimum absolute atomic E-state index is 0.420. The van der Waals surface area contributed by atoms with E-state index >= 15 is 0 Å². The first kappa shape index (κ1) is 18.5. The Morgan fingerprint density at radius 1 is 0.733 bits per heavy atom. The topological polar surface area (TPSA) is 39.6 Å². The fourth-order valence-corrected chi connectivity index (χ4v) is 4.70. The first-order chi connectivity index (χ1) is 14.6. The Bertz CT molecular complexity index is 1280. The number of nitrogens with zero attached hydrogens (tertiary/aromatic N) is 2. The lowest BCUT2D eigenvalue weighted by Crippen LogP contribution is -2.39. The van der Waals surface area contributed by atoms with Gasteiger partial charge < -0.3 is 14.5 Å². The predicted octanol–water partition coefficient (Wildman–Crippen LogP) is 5.61. The van der Waals surface area contributed by atoms with Crippen molar-refractivity contribution in [1.82, 2.24) is 0 Å². The highest BCUT2D eigenvalue weighted by molar-refractivity contribution is 6.13. The van der Waals surface area contributed by atoms with E-state index < -0.39 is 0 Å². The molecule has 0 aromatic heterocycles. The molecule has 30 heavy (non-hydrogen) atoms. The minimum atomic E-state index is 0.420. The van der Waals surface area contributed by atoms with Crippen LogP contribution in [0.2, 0.25) is 0 Å². The summed E-state index contributed by atoms with van der Waals surface area (Å²) in [6, 6.07) is 23.1. The number of nitrogens with one attached hydrogen (secondary N) is 1. The molecular formula is C26H25N3O. The van der Waals surface area contributed by atoms with Gasteiger partial charge in [0, 0.05) is 30.3 Å². The molecule has 5 rings (SSSR count). The Kier molecular flexibility index (Phi) is 4.35. The van der Waals surface area contributed by atoms with Crippen LogP contribution in [0.15, 0.2) is 66.7 Å². The zero-order valence-corrected chi connectivity index (χ0v) is 17.6. The lowest BCUT2D eigenvalue weighted by Gasteiger charge is -2.30. The van der Waals surface area contributed by atoms with Crippen LogP contribution in [0.25, 0.3) is 21.5 Å². The van der Waals surface area contributed by atoms with Crippen LogP contribution in [0.4, 0.5) is 11.4 Å². The summed E-state index contributed by atoms with van der Waals surface area (Å²) in [4.78, 5) is 3.91. The molecule has 0 atom stereocenters. The van der Waals surface area contributed by atoms with Gasteiger partial charge in [-0.25, -0.2) is 0 Å². The van der Waals surface area contributed by atoms with Gasteiger partial charge in [0.05, 0.1) is 18.5 Å². The summed E-state index contributed by atoms with van der Waals surface area (Å²) < 4.78 is 5.53. The molecule has 0 heterocycles. The average Bonchev–Trinajstić information content (AvgIpc) is 3.22. The van der Waals surface area contributed by atoms with Gasteiger partial charge in [-0.05, 0) is 47.6 Å². The van der Waals surface area contributed by atoms with Gasteiger partial charge in [-0.2, -0.15) is 0 Å². The maximum Gasteiger partial charge on any atom is 0.202 e. The average molecular weight is 396 g/mol. The van der Waals surface area contributed by atoms with Crippen molar-refractivity contribution in [3.05, 3.63) is 77.9 Å². The third-order valence-electron chi connectivity index (χ3n) is 6.29. The summed E-state index contributed by atoms with van der Waals surface area (Å²) in [5.74, 6) is 1.26. The number of hydrogen-bond donors (Lipinski definition) is 1. The van der Waals surface area contributed by atoms with Crippen molar-refractivity contribution in [1.29, 1.82) is 5.41 Å². The number of benzene rings is 4. The van der Waals surface area contributed by atoms with Crippen LogP contribution in [0, 0.1) is 5.41 Å². The second-order valence-electron chi connectivity index (χ2n) is 7.86. The Morgan fingerprint density at radius 2 is 1.33 bits per heavy atom. The van der Waals surface area contributed by atoms with Gasteiger partial charge in [0.2, 0.25) is 5.96 Å². The molecule has 4 aromatic rings. The molecule has 0 saturated heterocycles. The van der Waals surface area contributed by atoms with Gasteiger partial charge in [-0.15, -0.1) is 0 Å². The molecule has 0 amide bonds. The fraction of sp³-hybridized carbons (Fsp3) is 0.192. The molecular weight excluding hydrogens is 370 g/mol. The molecule has 0 spiro atoms. The number of hydrogen-bond acceptors (Lipinski definition) is 2. The maximum atomic E-state index is 8.97. The van der Waals surface area contributed by atoms with Crippen molar-refractivity contribution in [2.45, 2.75) is 12.8 Å². The molecule has 4 nitrogen and oxygen atoms in total. The predicted molar refractivity (Wildman–Crippen MR) is 126 cm³/mol. The van der Waals surface area contributed by atoms with Gasteiger partial charge in [-0.3, -0.25) is 5.41 Å². The molecule has 0 saturated carbocycles. The number of rotatable bonds is 3. The van der Waals surface area contributed by atoms with Crippen molar-refractivity contribution in [3.8, 4) is 5.75 Å². The minimum Gasteiger partial charge on any atom is -0.496 e. The zero-order chi connectivity index (χ0) is 20.8. The largest absolute Gasteiger partial charge is 0.496 e. The number of methoxy groups -OCH3 is 1. The number of anilines is 2. The summed E-state index contributed by atoms with van der Waals surface area (Å²) in [7, 11) is 5.62. The van der Waals surface area contributed by atoms with Crippen molar-refractivity contribution >= 4 is 38.9 Å². The van der Waals surface area contributed by atoms with Gasteiger partial charge in [-0.1, -0.05) is 48.5 Å². The molecule has 1 aliphatic carbocycles. The van der Waals surface area contributed by atoms with E-state index in [1.54, 1.807) is 7.11 Å². The highest BCUT2D eigenvalue weighted by atomic mass is 16.5. The molecule has 0 fully saturated rings. The van der Waals surface area contributed by atoms with Gasteiger partial charge in [0.1, 0.15) is 5.75 Å². The third-order valence-corrected chi connectivity index (χ3v) is 6.29. The Labute approximate surface area is 176 Å². The second kappa shape index (κ2) is 7.06. The second-order valence-corrected chi connectivity index (χ2v) is 7.86. The van der Waals surface area contributed by atoms with E-state index in [-0.39, 0.29) is 0 Å². The highest BCUT2D eigenvalue weighted by Crippen LogP contribution is 2.37. The SMILES string of the molecule is COc1ccc(N(C)C(=N)N(C)c2ccc3c4c(cccc24)CC3)c2ccccc12. The Morgan fingerprint density at radius 3 is 2.07 bits per heavy atom. The molecule has 1 aliphatic rings. The first-order valence-electron chi connectivity index (χ1n) is 10.3. The normalized spacial score (nSPS) is 12.4. The molecule has 4 aromatic carbocycles. The lowest BCUT2D eigenvalue weighted by molar-refractivity contribution is 0.420. The van der Waals surface area contributed by atoms with E-state index in [9.17, 15) is 0 Å². The summed E-state index contributed by atoms with van der Waals surface area (Å²) >= 11 is 0. The first-order valence-corrected chi connectivity index (χ1v) is 10.3. The molecule has 0 aliphatic heterocycles. The monoisotopic (exact) mass is 395 g/mol. The van der Waals surface area contributed by atoms with E-state index in [1.807, 2.05) is 48.2 Å². The van der Waals surface area contributed by atoms with Crippen LogP contribution in [-0.2, 0) is 12.8 Å². The van der Waals surface area contributed by atoms with Crippen LogP contribution < -0.4 is 14.5 Å². The van der Waals surface area contributed by atoms with Gasteiger partial charge >= 0.3 is 0 Å². The third kappa shape index (κ3) is 2.71. The molecule has 0 bridgehead atoms. The van der Waals surface area contributed by atoms with Crippen molar-refractivity contribution in [3.63, 3.8) is 0 Å². The van der Waals surface area contributed by atoms with Crippen molar-refractivity contribution in [2.24, 2.45) is 0 Å². The van der Waals surface area contributed by atoms with Crippen LogP contribution in [0.5, 0.6) is 5.75 Å². The van der Waals surface area contributed by atoms with Crippen LogP contribution in [0.1, 0.15) is 11.1 Å². The van der Waals surface area contributed by atoms with Crippen LogP contribution in [0.3, 0.4) is 0 Å². The maximum absolute atomic E-state index is 8.97. The molecule has 4 heteroatoms. The Balaban J connectivity index is 1.56. The Hall–Kier alpha value is -3.53. The molecule has 0 radical (unpaired) electrons. The smallest absolute Gasteiger partial charge is 0.202 e. The van der Waals surface area contributed by atoms with Gasteiger partial charge in [0.15, 0.2) is 0 Å². The summed E-state index contributed by atoms with van der Waals surface area (Å²) in [6.45, 7) is 0. The molecule has 0 unspecified atom stereocenters. The van der Waals surface area contributed by atoms with Crippen LogP contribution >= 0.6 is 0 Å². The van der Waals surface area contributed by atoms with Gasteiger partial charge in [0.25, 0.3) is 0 Å². The van der Waals surface area contributed by atoms with E-state index in [0.29, 0.717) is 5.96 Å². The van der Waals surface area contributed by atoms with E-state index in [1.165, 1.54) is 21.9 Å².